The topological polar surface area (TPSA) is 35.2 Å². The lowest BCUT2D eigenvalue weighted by atomic mass is 10.1. The van der Waals surface area contributed by atoms with Crippen LogP contribution < -0.4 is 5.73 Å². The highest BCUT2D eigenvalue weighted by molar-refractivity contribution is 9.10. The summed E-state index contributed by atoms with van der Waals surface area (Å²) in [4.78, 5) is 0. The Labute approximate surface area is 91.2 Å². The van der Waals surface area contributed by atoms with Gasteiger partial charge in [-0.2, -0.15) is 0 Å². The molecule has 1 rings (SSSR count). The quantitative estimate of drug-likeness (QED) is 0.911. The van der Waals surface area contributed by atoms with E-state index in [1.165, 1.54) is 0 Å². The minimum Gasteiger partial charge on any atom is -0.383 e. The van der Waals surface area contributed by atoms with Crippen molar-refractivity contribution in [1.29, 1.82) is 0 Å². The minimum absolute atomic E-state index is 0.161. The van der Waals surface area contributed by atoms with E-state index in [1.807, 2.05) is 18.2 Å². The molecule has 4 heteroatoms. The molecular formula is C9H11BrClNO. The van der Waals surface area contributed by atoms with Crippen LogP contribution in [0.25, 0.3) is 0 Å². The standard InChI is InChI=1S/C9H11BrClNO/c1-13-5-9(12)7-3-2-6(10)4-8(7)11/h2-4,9H,5,12H2,1H3/t9-/m0/s1. The highest BCUT2D eigenvalue weighted by atomic mass is 79.9. The molecule has 0 saturated carbocycles. The van der Waals surface area contributed by atoms with Gasteiger partial charge in [-0.15, -0.1) is 0 Å². The SMILES string of the molecule is COC[C@H](N)c1ccc(Br)cc1Cl. The molecule has 1 atom stereocenters. The van der Waals surface area contributed by atoms with Crippen molar-refractivity contribution < 1.29 is 4.74 Å². The third-order valence-electron chi connectivity index (χ3n) is 1.71. The van der Waals surface area contributed by atoms with Gasteiger partial charge in [0.05, 0.1) is 12.6 Å². The first-order valence-electron chi connectivity index (χ1n) is 3.84. The first kappa shape index (κ1) is 11.0. The van der Waals surface area contributed by atoms with Gasteiger partial charge in [0.1, 0.15) is 0 Å². The highest BCUT2D eigenvalue weighted by Crippen LogP contribution is 2.25. The Kier molecular flexibility index (Phi) is 4.19. The fourth-order valence-electron chi connectivity index (χ4n) is 1.07. The van der Waals surface area contributed by atoms with Crippen LogP contribution in [0.3, 0.4) is 0 Å². The molecule has 0 heterocycles. The maximum absolute atomic E-state index is 5.99. The lowest BCUT2D eigenvalue weighted by Crippen LogP contribution is -2.16. The molecule has 0 unspecified atom stereocenters. The van der Waals surface area contributed by atoms with Gasteiger partial charge >= 0.3 is 0 Å². The van der Waals surface area contributed by atoms with Crippen molar-refractivity contribution in [2.45, 2.75) is 6.04 Å². The van der Waals surface area contributed by atoms with Gasteiger partial charge in [-0.05, 0) is 17.7 Å². The molecule has 0 aliphatic heterocycles. The van der Waals surface area contributed by atoms with Crippen LogP contribution in [0.1, 0.15) is 11.6 Å². The number of nitrogens with two attached hydrogens (primary N) is 1. The molecule has 0 fully saturated rings. The van der Waals surface area contributed by atoms with Crippen LogP contribution in [0.15, 0.2) is 22.7 Å². The van der Waals surface area contributed by atoms with Crippen molar-refractivity contribution in [1.82, 2.24) is 0 Å². The van der Waals surface area contributed by atoms with Crippen LogP contribution in [0.4, 0.5) is 0 Å². The van der Waals surface area contributed by atoms with Crippen LogP contribution in [-0.4, -0.2) is 13.7 Å². The van der Waals surface area contributed by atoms with Crippen LogP contribution in [-0.2, 0) is 4.74 Å². The number of rotatable bonds is 3. The Balaban J connectivity index is 2.88. The van der Waals surface area contributed by atoms with Gasteiger partial charge in [-0.1, -0.05) is 33.6 Å². The smallest absolute Gasteiger partial charge is 0.0656 e. The van der Waals surface area contributed by atoms with E-state index < -0.39 is 0 Å². The maximum atomic E-state index is 5.99. The third kappa shape index (κ3) is 2.95. The number of hydrogen-bond donors (Lipinski definition) is 1. The summed E-state index contributed by atoms with van der Waals surface area (Å²) in [5, 5.41) is 0.666. The average Bonchev–Trinajstić information content (AvgIpc) is 2.04. The Morgan fingerprint density at radius 1 is 1.62 bits per heavy atom. The fraction of sp³-hybridized carbons (Fsp3) is 0.333. The Hall–Kier alpha value is -0.0900. The Morgan fingerprint density at radius 2 is 2.31 bits per heavy atom. The summed E-state index contributed by atoms with van der Waals surface area (Å²) < 4.78 is 5.90. The largest absolute Gasteiger partial charge is 0.383 e. The predicted octanol–water partition coefficient (Wildman–Crippen LogP) is 2.75. The number of halogens is 2. The van der Waals surface area contributed by atoms with Crippen LogP contribution in [0.5, 0.6) is 0 Å². The van der Waals surface area contributed by atoms with Crippen molar-refractivity contribution in [3.63, 3.8) is 0 Å². The van der Waals surface area contributed by atoms with Gasteiger partial charge in [0.15, 0.2) is 0 Å². The number of hydrogen-bond acceptors (Lipinski definition) is 2. The summed E-state index contributed by atoms with van der Waals surface area (Å²) >= 11 is 9.32. The normalized spacial score (nSPS) is 12.9. The summed E-state index contributed by atoms with van der Waals surface area (Å²) in [5.41, 5.74) is 6.74. The monoisotopic (exact) mass is 263 g/mol. The highest BCUT2D eigenvalue weighted by Gasteiger charge is 2.09. The van der Waals surface area contributed by atoms with Gasteiger partial charge in [-0.3, -0.25) is 0 Å². The average molecular weight is 265 g/mol. The molecule has 0 aromatic heterocycles. The van der Waals surface area contributed by atoms with Crippen molar-refractivity contribution >= 4 is 27.5 Å². The second-order valence-corrected chi connectivity index (χ2v) is 4.05. The zero-order valence-corrected chi connectivity index (χ0v) is 9.60. The lowest BCUT2D eigenvalue weighted by molar-refractivity contribution is 0.181. The van der Waals surface area contributed by atoms with Gasteiger partial charge in [0.2, 0.25) is 0 Å². The van der Waals surface area contributed by atoms with Crippen molar-refractivity contribution in [2.75, 3.05) is 13.7 Å². The maximum Gasteiger partial charge on any atom is 0.0656 e. The molecule has 0 saturated heterocycles. The van der Waals surface area contributed by atoms with E-state index in [2.05, 4.69) is 15.9 Å². The van der Waals surface area contributed by atoms with E-state index in [-0.39, 0.29) is 6.04 Å². The minimum atomic E-state index is -0.161. The van der Waals surface area contributed by atoms with Crippen LogP contribution in [0, 0.1) is 0 Å². The zero-order valence-electron chi connectivity index (χ0n) is 7.26. The number of benzene rings is 1. The molecule has 1 aromatic rings. The summed E-state index contributed by atoms with van der Waals surface area (Å²) in [7, 11) is 1.62. The molecule has 0 radical (unpaired) electrons. The zero-order chi connectivity index (χ0) is 9.84. The lowest BCUT2D eigenvalue weighted by Gasteiger charge is -2.12. The van der Waals surface area contributed by atoms with Crippen LogP contribution >= 0.6 is 27.5 Å². The van der Waals surface area contributed by atoms with E-state index in [0.29, 0.717) is 11.6 Å². The summed E-state index contributed by atoms with van der Waals surface area (Å²) in [6, 6.07) is 5.48. The van der Waals surface area contributed by atoms with Gasteiger partial charge < -0.3 is 10.5 Å². The molecule has 2 nitrogen and oxygen atoms in total. The van der Waals surface area contributed by atoms with Gasteiger partial charge in [0, 0.05) is 16.6 Å². The summed E-state index contributed by atoms with van der Waals surface area (Å²) in [5.74, 6) is 0. The third-order valence-corrected chi connectivity index (χ3v) is 2.53. The molecular weight excluding hydrogens is 253 g/mol. The summed E-state index contributed by atoms with van der Waals surface area (Å²) in [6.45, 7) is 0.474. The number of ether oxygens (including phenoxy) is 1. The molecule has 1 aromatic carbocycles. The molecule has 2 N–H and O–H groups in total. The second kappa shape index (κ2) is 4.96. The molecule has 13 heavy (non-hydrogen) atoms. The van der Waals surface area contributed by atoms with Crippen molar-refractivity contribution in [3.05, 3.63) is 33.3 Å². The number of methoxy groups -OCH3 is 1. The van der Waals surface area contributed by atoms with Crippen molar-refractivity contribution in [3.8, 4) is 0 Å². The van der Waals surface area contributed by atoms with Gasteiger partial charge in [-0.25, -0.2) is 0 Å². The summed E-state index contributed by atoms with van der Waals surface area (Å²) in [6.07, 6.45) is 0. The molecule has 0 amide bonds. The van der Waals surface area contributed by atoms with Crippen LogP contribution in [0.2, 0.25) is 5.02 Å². The van der Waals surface area contributed by atoms with E-state index in [9.17, 15) is 0 Å². The van der Waals surface area contributed by atoms with Crippen molar-refractivity contribution in [2.24, 2.45) is 5.73 Å². The Morgan fingerprint density at radius 3 is 2.85 bits per heavy atom. The van der Waals surface area contributed by atoms with Gasteiger partial charge in [0.25, 0.3) is 0 Å². The fourth-order valence-corrected chi connectivity index (χ4v) is 1.89. The van der Waals surface area contributed by atoms with E-state index in [0.717, 1.165) is 10.0 Å². The molecule has 0 aliphatic rings. The predicted molar refractivity (Wildman–Crippen MR) is 58.0 cm³/mol. The van der Waals surface area contributed by atoms with E-state index in [4.69, 9.17) is 22.1 Å². The first-order valence-corrected chi connectivity index (χ1v) is 5.01. The van der Waals surface area contributed by atoms with E-state index >= 15 is 0 Å². The molecule has 72 valence electrons. The first-order chi connectivity index (χ1) is 6.15. The Bertz CT molecular complexity index is 293. The molecule has 0 aliphatic carbocycles. The van der Waals surface area contributed by atoms with E-state index in [1.54, 1.807) is 7.11 Å². The molecule has 0 bridgehead atoms. The second-order valence-electron chi connectivity index (χ2n) is 2.73. The molecule has 0 spiro atoms.